The van der Waals surface area contributed by atoms with Crippen molar-refractivity contribution >= 4 is 44.9 Å². The van der Waals surface area contributed by atoms with E-state index in [1.165, 1.54) is 12.1 Å². The van der Waals surface area contributed by atoms with Crippen molar-refractivity contribution < 1.29 is 27.5 Å². The van der Waals surface area contributed by atoms with Crippen molar-refractivity contribution in [3.8, 4) is 0 Å². The van der Waals surface area contributed by atoms with Gasteiger partial charge in [0, 0.05) is 22.0 Å². The van der Waals surface area contributed by atoms with Gasteiger partial charge in [-0.1, -0.05) is 54.4 Å². The third kappa shape index (κ3) is 6.30. The van der Waals surface area contributed by atoms with E-state index in [0.717, 1.165) is 36.1 Å². The highest BCUT2D eigenvalue weighted by Gasteiger charge is 2.55. The van der Waals surface area contributed by atoms with Crippen LogP contribution in [0.4, 0.5) is 4.39 Å². The first-order valence-corrected chi connectivity index (χ1v) is 15.8. The molecule has 1 saturated heterocycles. The van der Waals surface area contributed by atoms with Crippen molar-refractivity contribution in [2.75, 3.05) is 5.75 Å². The van der Waals surface area contributed by atoms with E-state index in [4.69, 9.17) is 23.2 Å². The molecule has 0 spiro atoms. The Morgan fingerprint density at radius 2 is 1.68 bits per heavy atom. The SMILES string of the molecule is C[C@]1(CC(=O)O)C[C@H](c2cccc(Cl)c2)[C@@H](c2ccc(Cl)cc2)N([C@H](CS(=O)(=O)c2ccc(F)cc2)C2CC2)C1=O. The number of carbonyl (C=O) groups is 2. The highest BCUT2D eigenvalue weighted by molar-refractivity contribution is 7.91. The summed E-state index contributed by atoms with van der Waals surface area (Å²) < 4.78 is 40.9. The van der Waals surface area contributed by atoms with Gasteiger partial charge in [-0.2, -0.15) is 0 Å². The number of carboxylic acid groups (broad SMARTS) is 1. The molecule has 2 aliphatic rings. The molecule has 0 aromatic heterocycles. The lowest BCUT2D eigenvalue weighted by Crippen LogP contribution is -2.58. The number of benzene rings is 3. The van der Waals surface area contributed by atoms with Crippen molar-refractivity contribution in [3.63, 3.8) is 0 Å². The molecule has 0 bridgehead atoms. The molecule has 1 aliphatic carbocycles. The zero-order valence-corrected chi connectivity index (χ0v) is 24.7. The van der Waals surface area contributed by atoms with Crippen LogP contribution in [-0.2, 0) is 19.4 Å². The second-order valence-electron chi connectivity index (χ2n) is 11.3. The van der Waals surface area contributed by atoms with Gasteiger partial charge in [0.25, 0.3) is 0 Å². The summed E-state index contributed by atoms with van der Waals surface area (Å²) in [6.07, 6.45) is 1.29. The number of halogens is 3. The summed E-state index contributed by atoms with van der Waals surface area (Å²) in [5.74, 6) is -2.90. The Hall–Kier alpha value is -2.94. The molecule has 0 radical (unpaired) electrons. The van der Waals surface area contributed by atoms with E-state index in [0.29, 0.717) is 10.0 Å². The molecule has 6 nitrogen and oxygen atoms in total. The average molecular weight is 619 g/mol. The van der Waals surface area contributed by atoms with Crippen LogP contribution in [0, 0.1) is 17.2 Å². The summed E-state index contributed by atoms with van der Waals surface area (Å²) >= 11 is 12.6. The van der Waals surface area contributed by atoms with Gasteiger partial charge in [-0.3, -0.25) is 9.59 Å². The van der Waals surface area contributed by atoms with Gasteiger partial charge in [0.05, 0.1) is 28.5 Å². The van der Waals surface area contributed by atoms with Crippen LogP contribution in [0.3, 0.4) is 0 Å². The molecule has 2 fully saturated rings. The Morgan fingerprint density at radius 1 is 1.02 bits per heavy atom. The van der Waals surface area contributed by atoms with E-state index in [1.54, 1.807) is 30.0 Å². The normalized spacial score (nSPS) is 23.8. The van der Waals surface area contributed by atoms with Gasteiger partial charge in [-0.05, 0) is 84.8 Å². The van der Waals surface area contributed by atoms with Crippen molar-refractivity contribution in [2.45, 2.75) is 55.5 Å². The molecule has 1 saturated carbocycles. The number of sulfone groups is 1. The lowest BCUT2D eigenvalue weighted by molar-refractivity contribution is -0.160. The van der Waals surface area contributed by atoms with Crippen molar-refractivity contribution in [1.29, 1.82) is 0 Å². The third-order valence-electron chi connectivity index (χ3n) is 8.22. The van der Waals surface area contributed by atoms with Crippen LogP contribution in [0.1, 0.15) is 55.7 Å². The predicted octanol–water partition coefficient (Wildman–Crippen LogP) is 6.92. The van der Waals surface area contributed by atoms with E-state index in [2.05, 4.69) is 0 Å². The van der Waals surface area contributed by atoms with Gasteiger partial charge in [0.15, 0.2) is 9.84 Å². The van der Waals surface area contributed by atoms with Gasteiger partial charge < -0.3 is 10.0 Å². The van der Waals surface area contributed by atoms with Crippen molar-refractivity contribution in [2.24, 2.45) is 11.3 Å². The Kier molecular flexibility index (Phi) is 8.21. The summed E-state index contributed by atoms with van der Waals surface area (Å²) in [7, 11) is -3.93. The number of piperidine rings is 1. The zero-order valence-electron chi connectivity index (χ0n) is 22.3. The molecule has 1 heterocycles. The van der Waals surface area contributed by atoms with Crippen LogP contribution in [0.15, 0.2) is 77.7 Å². The largest absolute Gasteiger partial charge is 0.481 e. The molecule has 5 rings (SSSR count). The number of aliphatic carboxylic acids is 1. The Labute approximate surface area is 249 Å². The Morgan fingerprint density at radius 3 is 2.27 bits per heavy atom. The average Bonchev–Trinajstić information content (AvgIpc) is 3.75. The molecule has 4 atom stereocenters. The number of likely N-dealkylation sites (tertiary alicyclic amines) is 1. The summed E-state index contributed by atoms with van der Waals surface area (Å²) in [5.41, 5.74) is 0.284. The van der Waals surface area contributed by atoms with Gasteiger partial charge in [0.1, 0.15) is 5.82 Å². The first kappa shape index (κ1) is 29.5. The fraction of sp³-hybridized carbons (Fsp3) is 0.355. The number of hydrogen-bond acceptors (Lipinski definition) is 4. The van der Waals surface area contributed by atoms with E-state index in [-0.39, 0.29) is 28.9 Å². The van der Waals surface area contributed by atoms with Gasteiger partial charge in [-0.25, -0.2) is 12.8 Å². The van der Waals surface area contributed by atoms with E-state index in [9.17, 15) is 27.5 Å². The number of rotatable bonds is 9. The minimum absolute atomic E-state index is 0.0308. The Balaban J connectivity index is 1.68. The Bertz CT molecular complexity index is 1560. The maximum atomic E-state index is 14.5. The zero-order chi connectivity index (χ0) is 29.5. The quantitative estimate of drug-likeness (QED) is 0.263. The van der Waals surface area contributed by atoms with Crippen LogP contribution < -0.4 is 0 Å². The van der Waals surface area contributed by atoms with Crippen LogP contribution in [-0.4, -0.2) is 42.1 Å². The number of hydrogen-bond donors (Lipinski definition) is 1. The van der Waals surface area contributed by atoms with Gasteiger partial charge in [0.2, 0.25) is 5.91 Å². The van der Waals surface area contributed by atoms with Gasteiger partial charge in [-0.15, -0.1) is 0 Å². The van der Waals surface area contributed by atoms with Crippen LogP contribution in [0.2, 0.25) is 10.0 Å². The molecular formula is C31H30Cl2FNO5S. The first-order valence-electron chi connectivity index (χ1n) is 13.4. The smallest absolute Gasteiger partial charge is 0.304 e. The monoisotopic (exact) mass is 617 g/mol. The minimum Gasteiger partial charge on any atom is -0.481 e. The highest BCUT2D eigenvalue weighted by atomic mass is 35.5. The molecule has 1 amide bonds. The minimum atomic E-state index is -3.93. The van der Waals surface area contributed by atoms with Crippen molar-refractivity contribution in [3.05, 3.63) is 99.8 Å². The van der Waals surface area contributed by atoms with Gasteiger partial charge >= 0.3 is 5.97 Å². The molecule has 216 valence electrons. The van der Waals surface area contributed by atoms with Crippen LogP contribution in [0.25, 0.3) is 0 Å². The molecule has 1 aliphatic heterocycles. The summed E-state index contributed by atoms with van der Waals surface area (Å²) in [5, 5.41) is 10.8. The highest BCUT2D eigenvalue weighted by Crippen LogP contribution is 2.54. The number of amides is 1. The maximum absolute atomic E-state index is 14.5. The second-order valence-corrected chi connectivity index (χ2v) is 14.3. The van der Waals surface area contributed by atoms with E-state index in [1.807, 2.05) is 30.3 Å². The molecule has 10 heteroatoms. The topological polar surface area (TPSA) is 91.8 Å². The first-order chi connectivity index (χ1) is 19.4. The number of carbonyl (C=O) groups excluding carboxylic acids is 1. The van der Waals surface area contributed by atoms with E-state index >= 15 is 0 Å². The van der Waals surface area contributed by atoms with Crippen LogP contribution in [0.5, 0.6) is 0 Å². The molecule has 1 N–H and O–H groups in total. The van der Waals surface area contributed by atoms with E-state index < -0.39 is 51.5 Å². The van der Waals surface area contributed by atoms with Crippen molar-refractivity contribution in [1.82, 2.24) is 4.90 Å². The number of carboxylic acids is 1. The summed E-state index contributed by atoms with van der Waals surface area (Å²) in [6.45, 7) is 1.64. The third-order valence-corrected chi connectivity index (χ3v) is 10.5. The number of nitrogens with zero attached hydrogens (tertiary/aromatic N) is 1. The lowest BCUT2D eigenvalue weighted by atomic mass is 9.67. The fourth-order valence-corrected chi connectivity index (χ4v) is 8.08. The fourth-order valence-electron chi connectivity index (χ4n) is 6.13. The predicted molar refractivity (Wildman–Crippen MR) is 155 cm³/mol. The molecule has 3 aromatic carbocycles. The summed E-state index contributed by atoms with van der Waals surface area (Å²) in [6, 6.07) is 17.7. The summed E-state index contributed by atoms with van der Waals surface area (Å²) in [4.78, 5) is 28.1. The standard InChI is InChI=1S/C31H30Cl2FNO5S/c1-31(17-28(36)37)16-26(21-3-2-4-23(33)15-21)29(20-7-9-22(32)10-8-20)35(30(31)38)27(19-5-6-19)18-41(39,40)25-13-11-24(34)12-14-25/h2-4,7-15,19,26-27,29H,5-6,16-18H2,1H3,(H,36,37)/t26-,27-,29-,31-/m1/s1. The molecule has 41 heavy (non-hydrogen) atoms. The maximum Gasteiger partial charge on any atom is 0.304 e. The molecule has 3 aromatic rings. The lowest BCUT2D eigenvalue weighted by Gasteiger charge is -2.52. The molecule has 0 unspecified atom stereocenters. The second kappa shape index (κ2) is 11.4. The van der Waals surface area contributed by atoms with Crippen LogP contribution >= 0.6 is 23.2 Å². The molecular weight excluding hydrogens is 588 g/mol.